The van der Waals surface area contributed by atoms with Crippen LogP contribution in [0.15, 0.2) is 0 Å². The predicted octanol–water partition coefficient (Wildman–Crippen LogP) is 1.50. The molecule has 0 aromatic rings. The Hall–Kier alpha value is -0.770. The van der Waals surface area contributed by atoms with Gasteiger partial charge in [-0.3, -0.25) is 0 Å². The van der Waals surface area contributed by atoms with Gasteiger partial charge in [0, 0.05) is 6.04 Å². The Labute approximate surface area is 91.5 Å². The molecule has 4 heteroatoms. The third kappa shape index (κ3) is 3.70. The summed E-state index contributed by atoms with van der Waals surface area (Å²) in [6, 6.07) is 0.290. The van der Waals surface area contributed by atoms with Gasteiger partial charge < -0.3 is 15.8 Å². The quantitative estimate of drug-likeness (QED) is 0.748. The summed E-state index contributed by atoms with van der Waals surface area (Å²) in [5.74, 6) is 1.33. The van der Waals surface area contributed by atoms with Crippen LogP contribution in [0.5, 0.6) is 0 Å². The lowest BCUT2D eigenvalue weighted by atomic mass is 9.79. The number of nitrogens with one attached hydrogen (secondary N) is 1. The minimum absolute atomic E-state index is 0.290. The minimum Gasteiger partial charge on any atom is -0.453 e. The summed E-state index contributed by atoms with van der Waals surface area (Å²) in [5.41, 5.74) is 5.65. The zero-order chi connectivity index (χ0) is 11.3. The van der Waals surface area contributed by atoms with E-state index >= 15 is 0 Å². The molecule has 1 fully saturated rings. The van der Waals surface area contributed by atoms with Gasteiger partial charge in [0.25, 0.3) is 0 Å². The van der Waals surface area contributed by atoms with E-state index in [2.05, 4.69) is 17.0 Å². The second-order valence-electron chi connectivity index (χ2n) is 4.46. The average Bonchev–Trinajstić information content (AvgIpc) is 2.29. The third-order valence-corrected chi connectivity index (χ3v) is 3.46. The fourth-order valence-electron chi connectivity index (χ4n) is 2.25. The van der Waals surface area contributed by atoms with Crippen LogP contribution in [-0.2, 0) is 4.74 Å². The van der Waals surface area contributed by atoms with E-state index in [9.17, 15) is 4.79 Å². The molecule has 15 heavy (non-hydrogen) atoms. The molecule has 4 nitrogen and oxygen atoms in total. The van der Waals surface area contributed by atoms with Gasteiger partial charge in [0.1, 0.15) is 0 Å². The summed E-state index contributed by atoms with van der Waals surface area (Å²) in [4.78, 5) is 11.0. The molecule has 0 spiro atoms. The first-order valence-electron chi connectivity index (χ1n) is 5.72. The molecule has 1 aliphatic carbocycles. The molecule has 1 saturated carbocycles. The summed E-state index contributed by atoms with van der Waals surface area (Å²) in [6.07, 6.45) is 4.10. The number of ether oxygens (including phenoxy) is 1. The maximum Gasteiger partial charge on any atom is 0.407 e. The van der Waals surface area contributed by atoms with Gasteiger partial charge in [-0.1, -0.05) is 6.92 Å². The van der Waals surface area contributed by atoms with Gasteiger partial charge in [-0.2, -0.15) is 0 Å². The fraction of sp³-hybridized carbons (Fsp3) is 0.909. The van der Waals surface area contributed by atoms with Crippen LogP contribution in [0.1, 0.15) is 32.6 Å². The first-order chi connectivity index (χ1) is 7.17. The third-order valence-electron chi connectivity index (χ3n) is 3.46. The van der Waals surface area contributed by atoms with Crippen LogP contribution in [0.2, 0.25) is 0 Å². The maximum absolute atomic E-state index is 11.0. The van der Waals surface area contributed by atoms with Crippen molar-refractivity contribution in [1.29, 1.82) is 0 Å². The van der Waals surface area contributed by atoms with Crippen molar-refractivity contribution in [3.05, 3.63) is 0 Å². The second kappa shape index (κ2) is 5.95. The smallest absolute Gasteiger partial charge is 0.407 e. The maximum atomic E-state index is 11.0. The van der Waals surface area contributed by atoms with E-state index in [1.165, 1.54) is 7.11 Å². The molecular formula is C11H22N2O2. The van der Waals surface area contributed by atoms with E-state index < -0.39 is 0 Å². The highest BCUT2D eigenvalue weighted by molar-refractivity contribution is 5.67. The highest BCUT2D eigenvalue weighted by Gasteiger charge is 2.25. The number of alkyl carbamates (subject to hydrolysis) is 1. The summed E-state index contributed by atoms with van der Waals surface area (Å²) < 4.78 is 4.58. The molecule has 1 atom stereocenters. The second-order valence-corrected chi connectivity index (χ2v) is 4.46. The fourth-order valence-corrected chi connectivity index (χ4v) is 2.25. The van der Waals surface area contributed by atoms with Crippen molar-refractivity contribution in [3.63, 3.8) is 0 Å². The van der Waals surface area contributed by atoms with Crippen LogP contribution >= 0.6 is 0 Å². The van der Waals surface area contributed by atoms with Gasteiger partial charge in [-0.25, -0.2) is 4.79 Å². The number of nitrogens with two attached hydrogens (primary N) is 1. The Morgan fingerprint density at radius 3 is 2.53 bits per heavy atom. The van der Waals surface area contributed by atoms with Crippen LogP contribution in [0, 0.1) is 11.8 Å². The molecule has 1 rings (SSSR count). The topological polar surface area (TPSA) is 64.3 Å². The zero-order valence-electron chi connectivity index (χ0n) is 9.66. The number of carbonyl (C=O) groups excluding carboxylic acids is 1. The van der Waals surface area contributed by atoms with Gasteiger partial charge in [0.15, 0.2) is 0 Å². The van der Waals surface area contributed by atoms with Crippen LogP contribution in [-0.4, -0.2) is 25.8 Å². The van der Waals surface area contributed by atoms with Crippen molar-refractivity contribution in [2.24, 2.45) is 17.6 Å². The van der Waals surface area contributed by atoms with Gasteiger partial charge in [0.05, 0.1) is 7.11 Å². The molecule has 1 amide bonds. The number of hydrogen-bond acceptors (Lipinski definition) is 3. The number of hydrogen-bond donors (Lipinski definition) is 2. The molecule has 0 bridgehead atoms. The van der Waals surface area contributed by atoms with E-state index in [4.69, 9.17) is 5.73 Å². The largest absolute Gasteiger partial charge is 0.453 e. The zero-order valence-corrected chi connectivity index (χ0v) is 9.66. The Bertz CT molecular complexity index is 201. The number of rotatable bonds is 3. The first kappa shape index (κ1) is 12.3. The Morgan fingerprint density at radius 2 is 2.07 bits per heavy atom. The molecule has 0 saturated heterocycles. The van der Waals surface area contributed by atoms with Crippen LogP contribution in [0.4, 0.5) is 4.79 Å². The Morgan fingerprint density at radius 1 is 1.47 bits per heavy atom. The number of methoxy groups -OCH3 is 1. The van der Waals surface area contributed by atoms with E-state index in [1.807, 2.05) is 0 Å². The van der Waals surface area contributed by atoms with Gasteiger partial charge in [0.2, 0.25) is 0 Å². The number of carbonyl (C=O) groups is 1. The van der Waals surface area contributed by atoms with Crippen molar-refractivity contribution in [3.8, 4) is 0 Å². The molecule has 0 aliphatic heterocycles. The molecule has 0 radical (unpaired) electrons. The lowest BCUT2D eigenvalue weighted by Gasteiger charge is -2.31. The standard InChI is InChI=1S/C11H22N2O2/c1-8(7-12)9-3-5-10(6-4-9)13-11(14)15-2/h8-10H,3-7,12H2,1-2H3,(H,13,14). The molecular weight excluding hydrogens is 192 g/mol. The SMILES string of the molecule is COC(=O)NC1CCC(C(C)CN)CC1. The highest BCUT2D eigenvalue weighted by Crippen LogP contribution is 2.29. The average molecular weight is 214 g/mol. The summed E-state index contributed by atoms with van der Waals surface area (Å²) >= 11 is 0. The van der Waals surface area contributed by atoms with Crippen LogP contribution in [0.3, 0.4) is 0 Å². The van der Waals surface area contributed by atoms with Crippen molar-refractivity contribution in [2.75, 3.05) is 13.7 Å². The van der Waals surface area contributed by atoms with Crippen LogP contribution < -0.4 is 11.1 Å². The van der Waals surface area contributed by atoms with Crippen molar-refractivity contribution >= 4 is 6.09 Å². The minimum atomic E-state index is -0.315. The normalized spacial score (nSPS) is 28.2. The van der Waals surface area contributed by atoms with Crippen molar-refractivity contribution in [2.45, 2.75) is 38.6 Å². The number of amides is 1. The molecule has 1 unspecified atom stereocenters. The van der Waals surface area contributed by atoms with Gasteiger partial charge >= 0.3 is 6.09 Å². The highest BCUT2D eigenvalue weighted by atomic mass is 16.5. The van der Waals surface area contributed by atoms with Gasteiger partial charge in [-0.15, -0.1) is 0 Å². The molecule has 1 aliphatic rings. The van der Waals surface area contributed by atoms with E-state index in [1.54, 1.807) is 0 Å². The Balaban J connectivity index is 2.26. The van der Waals surface area contributed by atoms with E-state index in [-0.39, 0.29) is 6.09 Å². The monoisotopic (exact) mass is 214 g/mol. The van der Waals surface area contributed by atoms with Gasteiger partial charge in [-0.05, 0) is 44.1 Å². The summed E-state index contributed by atoms with van der Waals surface area (Å²) in [7, 11) is 1.40. The van der Waals surface area contributed by atoms with Crippen molar-refractivity contribution < 1.29 is 9.53 Å². The first-order valence-corrected chi connectivity index (χ1v) is 5.72. The van der Waals surface area contributed by atoms with E-state index in [0.717, 1.165) is 38.1 Å². The van der Waals surface area contributed by atoms with E-state index in [0.29, 0.717) is 12.0 Å². The Kier molecular flexibility index (Phi) is 4.88. The summed E-state index contributed by atoms with van der Waals surface area (Å²) in [5, 5.41) is 2.85. The molecule has 3 N–H and O–H groups in total. The lowest BCUT2D eigenvalue weighted by molar-refractivity contribution is 0.157. The predicted molar refractivity (Wildman–Crippen MR) is 59.5 cm³/mol. The molecule has 0 heterocycles. The molecule has 88 valence electrons. The van der Waals surface area contributed by atoms with Crippen molar-refractivity contribution in [1.82, 2.24) is 5.32 Å². The summed E-state index contributed by atoms with van der Waals surface area (Å²) in [6.45, 7) is 2.97. The molecule has 0 aromatic carbocycles. The molecule has 0 aromatic heterocycles. The lowest BCUT2D eigenvalue weighted by Crippen LogP contribution is -2.38. The van der Waals surface area contributed by atoms with Crippen LogP contribution in [0.25, 0.3) is 0 Å².